The van der Waals surface area contributed by atoms with Crippen LogP contribution in [0, 0.1) is 11.3 Å². The van der Waals surface area contributed by atoms with Crippen molar-refractivity contribution in [3.8, 4) is 6.07 Å². The van der Waals surface area contributed by atoms with Crippen LogP contribution in [0.3, 0.4) is 0 Å². The van der Waals surface area contributed by atoms with Gasteiger partial charge in [-0.1, -0.05) is 48.5 Å². The summed E-state index contributed by atoms with van der Waals surface area (Å²) in [5.74, 6) is -0.614. The van der Waals surface area contributed by atoms with Crippen molar-refractivity contribution in [2.45, 2.75) is 31.8 Å². The van der Waals surface area contributed by atoms with Crippen molar-refractivity contribution >= 4 is 17.7 Å². The zero-order chi connectivity index (χ0) is 18.2. The lowest BCUT2D eigenvalue weighted by atomic mass is 9.77. The average molecular weight is 334 g/mol. The van der Waals surface area contributed by atoms with Gasteiger partial charge in [0.15, 0.2) is 5.41 Å². The van der Waals surface area contributed by atoms with Crippen LogP contribution >= 0.6 is 0 Å². The van der Waals surface area contributed by atoms with E-state index in [4.69, 9.17) is 4.74 Å². The van der Waals surface area contributed by atoms with E-state index in [0.29, 0.717) is 16.8 Å². The van der Waals surface area contributed by atoms with Gasteiger partial charge in [0, 0.05) is 5.56 Å². The van der Waals surface area contributed by atoms with E-state index in [1.807, 2.05) is 6.07 Å². The number of hydrogen-bond acceptors (Lipinski definition) is 4. The fourth-order valence-corrected chi connectivity index (χ4v) is 3.01. The minimum absolute atomic E-state index is 0.382. The van der Waals surface area contributed by atoms with E-state index in [1.54, 1.807) is 69.3 Å². The highest BCUT2D eigenvalue weighted by molar-refractivity contribution is 6.23. The summed E-state index contributed by atoms with van der Waals surface area (Å²) < 4.78 is 5.38. The Morgan fingerprint density at radius 3 is 2.28 bits per heavy atom. The van der Waals surface area contributed by atoms with Gasteiger partial charge in [0.05, 0.1) is 11.8 Å². The molecule has 0 aromatic heterocycles. The molecule has 0 N–H and O–H groups in total. The number of hydrogen-bond donors (Lipinski definition) is 0. The van der Waals surface area contributed by atoms with Crippen LogP contribution < -0.4 is 4.90 Å². The van der Waals surface area contributed by atoms with Crippen LogP contribution in [0.1, 0.15) is 31.9 Å². The first kappa shape index (κ1) is 16.7. The second-order valence-corrected chi connectivity index (χ2v) is 6.87. The molecule has 0 radical (unpaired) electrons. The molecule has 2 aromatic carbocycles. The van der Waals surface area contributed by atoms with Gasteiger partial charge >= 0.3 is 6.09 Å². The zero-order valence-corrected chi connectivity index (χ0v) is 14.3. The van der Waals surface area contributed by atoms with Gasteiger partial charge < -0.3 is 4.74 Å². The number of para-hydroxylation sites is 1. The Labute approximate surface area is 146 Å². The normalized spacial score (nSPS) is 19.3. The molecular weight excluding hydrogens is 316 g/mol. The minimum Gasteiger partial charge on any atom is -0.443 e. The third-order valence-corrected chi connectivity index (χ3v) is 4.02. The van der Waals surface area contributed by atoms with Gasteiger partial charge in [0.2, 0.25) is 0 Å². The van der Waals surface area contributed by atoms with Gasteiger partial charge in [-0.15, -0.1) is 0 Å². The van der Waals surface area contributed by atoms with Crippen LogP contribution in [0.15, 0.2) is 54.6 Å². The van der Waals surface area contributed by atoms with Crippen LogP contribution in [0.2, 0.25) is 0 Å². The topological polar surface area (TPSA) is 70.4 Å². The zero-order valence-electron chi connectivity index (χ0n) is 14.3. The Hall–Kier alpha value is -3.13. The van der Waals surface area contributed by atoms with E-state index in [0.717, 1.165) is 4.90 Å². The minimum atomic E-state index is -1.56. The van der Waals surface area contributed by atoms with Gasteiger partial charge in [0.1, 0.15) is 5.60 Å². The van der Waals surface area contributed by atoms with E-state index >= 15 is 0 Å². The quantitative estimate of drug-likeness (QED) is 0.796. The predicted molar refractivity (Wildman–Crippen MR) is 93.0 cm³/mol. The fraction of sp³-hybridized carbons (Fsp3) is 0.250. The van der Waals surface area contributed by atoms with Crippen molar-refractivity contribution in [3.63, 3.8) is 0 Å². The van der Waals surface area contributed by atoms with Crippen LogP contribution in [-0.4, -0.2) is 17.6 Å². The van der Waals surface area contributed by atoms with Gasteiger partial charge in [0.25, 0.3) is 5.91 Å². The van der Waals surface area contributed by atoms with E-state index in [2.05, 4.69) is 6.07 Å². The molecule has 25 heavy (non-hydrogen) atoms. The second kappa shape index (κ2) is 5.75. The van der Waals surface area contributed by atoms with Crippen molar-refractivity contribution < 1.29 is 14.3 Å². The number of rotatable bonds is 1. The highest BCUT2D eigenvalue weighted by Crippen LogP contribution is 2.46. The molecule has 0 spiro atoms. The molecule has 1 aliphatic heterocycles. The maximum absolute atomic E-state index is 13.2. The monoisotopic (exact) mass is 334 g/mol. The van der Waals surface area contributed by atoms with E-state index in [1.165, 1.54) is 0 Å². The molecule has 5 heteroatoms. The summed E-state index contributed by atoms with van der Waals surface area (Å²) in [6.07, 6.45) is -0.780. The van der Waals surface area contributed by atoms with E-state index in [9.17, 15) is 14.9 Å². The molecule has 1 aliphatic rings. The van der Waals surface area contributed by atoms with Crippen LogP contribution in [-0.2, 0) is 14.9 Å². The lowest BCUT2D eigenvalue weighted by molar-refractivity contribution is -0.120. The highest BCUT2D eigenvalue weighted by Gasteiger charge is 2.55. The Morgan fingerprint density at radius 1 is 1.08 bits per heavy atom. The molecule has 126 valence electrons. The Bertz CT molecular complexity index is 878. The number of amides is 2. The maximum atomic E-state index is 13.2. The number of fused-ring (bicyclic) bond motifs is 1. The first-order valence-corrected chi connectivity index (χ1v) is 7.95. The molecule has 0 unspecified atom stereocenters. The average Bonchev–Trinajstić information content (AvgIpc) is 2.83. The summed E-state index contributed by atoms with van der Waals surface area (Å²) in [4.78, 5) is 26.9. The molecule has 2 aromatic rings. The summed E-state index contributed by atoms with van der Waals surface area (Å²) in [6, 6.07) is 17.8. The molecule has 1 heterocycles. The molecule has 2 amide bonds. The van der Waals surface area contributed by atoms with Crippen molar-refractivity contribution in [1.82, 2.24) is 0 Å². The Balaban J connectivity index is 2.20. The summed E-state index contributed by atoms with van der Waals surface area (Å²) in [5.41, 5.74) is -0.918. The van der Waals surface area contributed by atoms with Crippen molar-refractivity contribution in [2.75, 3.05) is 4.90 Å². The predicted octanol–water partition coefficient (Wildman–Crippen LogP) is 3.78. The summed E-state index contributed by atoms with van der Waals surface area (Å²) in [7, 11) is 0. The number of carbonyl (C=O) groups is 2. The summed E-state index contributed by atoms with van der Waals surface area (Å²) >= 11 is 0. The van der Waals surface area contributed by atoms with E-state index in [-0.39, 0.29) is 0 Å². The SMILES string of the molecule is CC(C)(C)OC(=O)N1C(=O)[C@](C#N)(c2ccccc2)c2ccccc21. The third kappa shape index (κ3) is 2.56. The second-order valence-electron chi connectivity index (χ2n) is 6.87. The molecule has 1 atom stereocenters. The number of ether oxygens (including phenoxy) is 1. The van der Waals surface area contributed by atoms with E-state index < -0.39 is 23.0 Å². The number of nitriles is 1. The number of carbonyl (C=O) groups excluding carboxylic acids is 2. The number of nitrogens with zero attached hydrogens (tertiary/aromatic N) is 2. The maximum Gasteiger partial charge on any atom is 0.421 e. The summed E-state index contributed by atoms with van der Waals surface area (Å²) in [6.45, 7) is 5.18. The molecule has 0 aliphatic carbocycles. The molecule has 0 bridgehead atoms. The molecule has 0 saturated carbocycles. The van der Waals surface area contributed by atoms with Crippen LogP contribution in [0.4, 0.5) is 10.5 Å². The smallest absolute Gasteiger partial charge is 0.421 e. The number of benzene rings is 2. The van der Waals surface area contributed by atoms with Crippen molar-refractivity contribution in [1.29, 1.82) is 5.26 Å². The number of anilines is 1. The largest absolute Gasteiger partial charge is 0.443 e. The van der Waals surface area contributed by atoms with Gasteiger partial charge in [-0.25, -0.2) is 9.69 Å². The van der Waals surface area contributed by atoms with Gasteiger partial charge in [-0.3, -0.25) is 4.79 Å². The Kier molecular flexibility index (Phi) is 3.84. The molecule has 0 saturated heterocycles. The highest BCUT2D eigenvalue weighted by atomic mass is 16.6. The first-order chi connectivity index (χ1) is 11.8. The lowest BCUT2D eigenvalue weighted by Gasteiger charge is -2.25. The van der Waals surface area contributed by atoms with Gasteiger partial charge in [-0.05, 0) is 32.4 Å². The molecule has 0 fully saturated rings. The Morgan fingerprint density at radius 2 is 1.68 bits per heavy atom. The molecular formula is C20H18N2O3. The lowest BCUT2D eigenvalue weighted by Crippen LogP contribution is -2.45. The fourth-order valence-electron chi connectivity index (χ4n) is 3.01. The van der Waals surface area contributed by atoms with Gasteiger partial charge in [-0.2, -0.15) is 5.26 Å². The molecule has 5 nitrogen and oxygen atoms in total. The summed E-state index contributed by atoms with van der Waals surface area (Å²) in [5, 5.41) is 9.97. The van der Waals surface area contributed by atoms with Crippen LogP contribution in [0.25, 0.3) is 0 Å². The van der Waals surface area contributed by atoms with Crippen molar-refractivity contribution in [2.24, 2.45) is 0 Å². The van der Waals surface area contributed by atoms with Crippen LogP contribution in [0.5, 0.6) is 0 Å². The molecule has 3 rings (SSSR count). The number of imide groups is 1. The third-order valence-electron chi connectivity index (χ3n) is 4.02. The standard InChI is InChI=1S/C20H18N2O3/c1-19(2,3)25-18(24)22-16-12-8-7-11-15(16)20(13-21,17(22)23)14-9-5-4-6-10-14/h4-12H,1-3H3/t20-/m1/s1. The first-order valence-electron chi connectivity index (χ1n) is 7.95. The van der Waals surface area contributed by atoms with Crippen molar-refractivity contribution in [3.05, 3.63) is 65.7 Å².